The quantitative estimate of drug-likeness (QED) is 0.622. The van der Waals surface area contributed by atoms with Gasteiger partial charge in [0, 0.05) is 12.1 Å². The lowest BCUT2D eigenvalue weighted by Gasteiger charge is -2.40. The Morgan fingerprint density at radius 1 is 1.00 bits per heavy atom. The Hall–Kier alpha value is -2.00. The third-order valence-corrected chi connectivity index (χ3v) is 6.24. The third kappa shape index (κ3) is 4.20. The first kappa shape index (κ1) is 20.7. The van der Waals surface area contributed by atoms with Gasteiger partial charge < -0.3 is 9.47 Å². The van der Waals surface area contributed by atoms with Crippen LogP contribution in [0.25, 0.3) is 0 Å². The molecule has 0 fully saturated rings. The molecule has 1 aliphatic heterocycles. The summed E-state index contributed by atoms with van der Waals surface area (Å²) in [5.74, 6) is 2.11. The Bertz CT molecular complexity index is 811. The van der Waals surface area contributed by atoms with E-state index < -0.39 is 0 Å². The number of hydrogen-bond donors (Lipinski definition) is 0. The molecule has 1 heterocycles. The van der Waals surface area contributed by atoms with E-state index in [1.54, 1.807) is 0 Å². The number of likely N-dealkylation sites (N-methyl/N-ethyl adjacent to an activating group) is 1. The van der Waals surface area contributed by atoms with Crippen molar-refractivity contribution in [2.24, 2.45) is 0 Å². The summed E-state index contributed by atoms with van der Waals surface area (Å²) >= 11 is 0. The van der Waals surface area contributed by atoms with Crippen LogP contribution in [0.1, 0.15) is 55.0 Å². The van der Waals surface area contributed by atoms with Crippen LogP contribution in [0.3, 0.4) is 0 Å². The summed E-state index contributed by atoms with van der Waals surface area (Å²) < 4.78 is 13.0. The SMILES string of the molecule is CCN(CC)CC1(C)CCc2c(C)c(OCc3ccccc3)c(C)c(C)c2O1. The molecule has 0 amide bonds. The maximum absolute atomic E-state index is 6.67. The minimum absolute atomic E-state index is 0.130. The van der Waals surface area contributed by atoms with Crippen molar-refractivity contribution < 1.29 is 9.47 Å². The zero-order valence-corrected chi connectivity index (χ0v) is 18.4. The molecular formula is C25H35NO2. The van der Waals surface area contributed by atoms with Crippen LogP contribution < -0.4 is 9.47 Å². The first-order valence-electron chi connectivity index (χ1n) is 10.6. The largest absolute Gasteiger partial charge is 0.488 e. The molecule has 1 atom stereocenters. The van der Waals surface area contributed by atoms with E-state index in [1.807, 2.05) is 6.07 Å². The second-order valence-corrected chi connectivity index (χ2v) is 8.30. The van der Waals surface area contributed by atoms with Crippen molar-refractivity contribution in [1.82, 2.24) is 4.90 Å². The second-order valence-electron chi connectivity index (χ2n) is 8.30. The summed E-state index contributed by atoms with van der Waals surface area (Å²) in [7, 11) is 0. The number of benzene rings is 2. The lowest BCUT2D eigenvalue weighted by Crippen LogP contribution is -2.47. The molecule has 1 unspecified atom stereocenters. The number of rotatable bonds is 7. The highest BCUT2D eigenvalue weighted by atomic mass is 16.5. The summed E-state index contributed by atoms with van der Waals surface area (Å²) in [4.78, 5) is 2.46. The predicted octanol–water partition coefficient (Wildman–Crippen LogP) is 5.62. The number of nitrogens with zero attached hydrogens (tertiary/aromatic N) is 1. The first-order valence-corrected chi connectivity index (χ1v) is 10.6. The molecule has 0 aromatic heterocycles. The van der Waals surface area contributed by atoms with Gasteiger partial charge in [-0.2, -0.15) is 0 Å². The van der Waals surface area contributed by atoms with E-state index in [1.165, 1.54) is 27.8 Å². The van der Waals surface area contributed by atoms with Gasteiger partial charge in [-0.05, 0) is 75.9 Å². The fraction of sp³-hybridized carbons (Fsp3) is 0.520. The van der Waals surface area contributed by atoms with Gasteiger partial charge in [-0.25, -0.2) is 0 Å². The molecule has 0 aliphatic carbocycles. The number of hydrogen-bond acceptors (Lipinski definition) is 3. The Morgan fingerprint density at radius 3 is 2.32 bits per heavy atom. The van der Waals surface area contributed by atoms with Gasteiger partial charge in [0.2, 0.25) is 0 Å². The topological polar surface area (TPSA) is 21.7 Å². The molecule has 152 valence electrons. The molecule has 0 N–H and O–H groups in total. The fourth-order valence-corrected chi connectivity index (χ4v) is 4.26. The molecule has 3 nitrogen and oxygen atoms in total. The minimum Gasteiger partial charge on any atom is -0.488 e. The highest BCUT2D eigenvalue weighted by Crippen LogP contribution is 2.44. The summed E-state index contributed by atoms with van der Waals surface area (Å²) in [6.07, 6.45) is 2.08. The van der Waals surface area contributed by atoms with E-state index in [0.29, 0.717) is 6.61 Å². The van der Waals surface area contributed by atoms with Gasteiger partial charge in [-0.3, -0.25) is 4.90 Å². The molecule has 0 radical (unpaired) electrons. The van der Waals surface area contributed by atoms with Gasteiger partial charge in [0.25, 0.3) is 0 Å². The molecule has 0 saturated heterocycles. The maximum Gasteiger partial charge on any atom is 0.127 e. The van der Waals surface area contributed by atoms with Crippen molar-refractivity contribution in [2.75, 3.05) is 19.6 Å². The van der Waals surface area contributed by atoms with Crippen LogP contribution in [0.4, 0.5) is 0 Å². The summed E-state index contributed by atoms with van der Waals surface area (Å²) in [5, 5.41) is 0. The smallest absolute Gasteiger partial charge is 0.127 e. The fourth-order valence-electron chi connectivity index (χ4n) is 4.26. The first-order chi connectivity index (χ1) is 13.4. The molecule has 0 saturated carbocycles. The van der Waals surface area contributed by atoms with Gasteiger partial charge in [-0.1, -0.05) is 44.2 Å². The van der Waals surface area contributed by atoms with Crippen LogP contribution in [0, 0.1) is 20.8 Å². The van der Waals surface area contributed by atoms with E-state index in [9.17, 15) is 0 Å². The Morgan fingerprint density at radius 2 is 1.68 bits per heavy atom. The average molecular weight is 382 g/mol. The van der Waals surface area contributed by atoms with Crippen LogP contribution in [-0.4, -0.2) is 30.1 Å². The lowest BCUT2D eigenvalue weighted by molar-refractivity contribution is 0.0271. The predicted molar refractivity (Wildman–Crippen MR) is 117 cm³/mol. The van der Waals surface area contributed by atoms with E-state index in [0.717, 1.165) is 44.0 Å². The molecule has 3 heteroatoms. The van der Waals surface area contributed by atoms with Gasteiger partial charge in [0.05, 0.1) is 0 Å². The zero-order valence-electron chi connectivity index (χ0n) is 18.4. The van der Waals surface area contributed by atoms with Crippen LogP contribution >= 0.6 is 0 Å². The molecule has 28 heavy (non-hydrogen) atoms. The van der Waals surface area contributed by atoms with E-state index in [4.69, 9.17) is 9.47 Å². The highest BCUT2D eigenvalue weighted by molar-refractivity contribution is 5.59. The molecule has 3 rings (SSSR count). The van der Waals surface area contributed by atoms with E-state index in [2.05, 4.69) is 70.7 Å². The van der Waals surface area contributed by atoms with Crippen molar-refractivity contribution in [3.63, 3.8) is 0 Å². The third-order valence-electron chi connectivity index (χ3n) is 6.24. The molecule has 0 spiro atoms. The van der Waals surface area contributed by atoms with E-state index >= 15 is 0 Å². The Kier molecular flexibility index (Phi) is 6.34. The highest BCUT2D eigenvalue weighted by Gasteiger charge is 2.35. The van der Waals surface area contributed by atoms with Gasteiger partial charge >= 0.3 is 0 Å². The molecule has 0 bridgehead atoms. The standard InChI is InChI=1S/C25H35NO2/c1-7-26(8-2)17-25(6)15-14-22-20(5)23(18(3)19(4)24(22)28-25)27-16-21-12-10-9-11-13-21/h9-13H,7-8,14-17H2,1-6H3. The van der Waals surface area contributed by atoms with Crippen LogP contribution in [0.5, 0.6) is 11.5 Å². The van der Waals surface area contributed by atoms with Crippen molar-refractivity contribution in [1.29, 1.82) is 0 Å². The zero-order chi connectivity index (χ0) is 20.3. The average Bonchev–Trinajstić information content (AvgIpc) is 2.71. The number of fused-ring (bicyclic) bond motifs is 1. The number of ether oxygens (including phenoxy) is 2. The normalized spacial score (nSPS) is 18.7. The van der Waals surface area contributed by atoms with Crippen LogP contribution in [-0.2, 0) is 13.0 Å². The summed E-state index contributed by atoms with van der Waals surface area (Å²) in [5.41, 5.74) is 6.03. The summed E-state index contributed by atoms with van der Waals surface area (Å²) in [6, 6.07) is 10.4. The lowest BCUT2D eigenvalue weighted by atomic mass is 9.86. The van der Waals surface area contributed by atoms with Gasteiger partial charge in [0.15, 0.2) is 0 Å². The van der Waals surface area contributed by atoms with E-state index in [-0.39, 0.29) is 5.60 Å². The monoisotopic (exact) mass is 381 g/mol. The van der Waals surface area contributed by atoms with Gasteiger partial charge in [0.1, 0.15) is 23.7 Å². The molecule has 2 aromatic carbocycles. The maximum atomic E-state index is 6.67. The molecular weight excluding hydrogens is 346 g/mol. The Labute approximate surface area is 170 Å². The molecule has 1 aliphatic rings. The van der Waals surface area contributed by atoms with Crippen molar-refractivity contribution in [3.8, 4) is 11.5 Å². The van der Waals surface area contributed by atoms with Crippen LogP contribution in [0.15, 0.2) is 30.3 Å². The second kappa shape index (κ2) is 8.57. The van der Waals surface area contributed by atoms with Crippen LogP contribution in [0.2, 0.25) is 0 Å². The van der Waals surface area contributed by atoms with Crippen molar-refractivity contribution in [2.45, 2.75) is 66.6 Å². The molecule has 2 aromatic rings. The van der Waals surface area contributed by atoms with Crippen molar-refractivity contribution >= 4 is 0 Å². The Balaban J connectivity index is 1.86. The summed E-state index contributed by atoms with van der Waals surface area (Å²) in [6.45, 7) is 16.9. The minimum atomic E-state index is -0.130. The van der Waals surface area contributed by atoms with Crippen molar-refractivity contribution in [3.05, 3.63) is 58.1 Å². The van der Waals surface area contributed by atoms with Gasteiger partial charge in [-0.15, -0.1) is 0 Å².